The van der Waals surface area contributed by atoms with E-state index in [4.69, 9.17) is 5.73 Å². The van der Waals surface area contributed by atoms with Gasteiger partial charge in [0.05, 0.1) is 0 Å². The lowest BCUT2D eigenvalue weighted by atomic mass is 10.1. The van der Waals surface area contributed by atoms with Crippen LogP contribution in [-0.4, -0.2) is 38.4 Å². The summed E-state index contributed by atoms with van der Waals surface area (Å²) in [4.78, 5) is 0. The molecule has 2 unspecified atom stereocenters. The van der Waals surface area contributed by atoms with Crippen molar-refractivity contribution in [1.82, 2.24) is 9.03 Å². The number of nitrogens with zero attached hydrogens (tertiary/aromatic N) is 1. The highest BCUT2D eigenvalue weighted by atomic mass is 32.2. The Bertz CT molecular complexity index is 268. The highest BCUT2D eigenvalue weighted by Crippen LogP contribution is 2.16. The minimum atomic E-state index is -3.28. The zero-order chi connectivity index (χ0) is 10.8. The van der Waals surface area contributed by atoms with E-state index in [2.05, 4.69) is 4.72 Å². The summed E-state index contributed by atoms with van der Waals surface area (Å²) >= 11 is 0. The molecule has 0 spiro atoms. The summed E-state index contributed by atoms with van der Waals surface area (Å²) in [5.41, 5.74) is 5.76. The van der Waals surface area contributed by atoms with E-state index in [1.165, 1.54) is 4.31 Å². The van der Waals surface area contributed by atoms with Crippen molar-refractivity contribution < 1.29 is 8.42 Å². The largest absolute Gasteiger partial charge is 0.326 e. The van der Waals surface area contributed by atoms with Crippen LogP contribution in [0.1, 0.15) is 20.3 Å². The Kier molecular flexibility index (Phi) is 3.88. The van der Waals surface area contributed by atoms with Gasteiger partial charge >= 0.3 is 0 Å². The van der Waals surface area contributed by atoms with E-state index in [0.29, 0.717) is 19.6 Å². The van der Waals surface area contributed by atoms with Gasteiger partial charge in [-0.1, -0.05) is 13.8 Å². The topological polar surface area (TPSA) is 75.4 Å². The van der Waals surface area contributed by atoms with E-state index in [1.807, 2.05) is 13.8 Å². The van der Waals surface area contributed by atoms with Gasteiger partial charge in [-0.25, -0.2) is 4.72 Å². The molecule has 1 aliphatic heterocycles. The van der Waals surface area contributed by atoms with Crippen LogP contribution in [0.5, 0.6) is 0 Å². The maximum atomic E-state index is 11.6. The van der Waals surface area contributed by atoms with Crippen LogP contribution in [0.4, 0.5) is 0 Å². The molecule has 0 aromatic carbocycles. The first-order valence-corrected chi connectivity index (χ1v) is 6.41. The molecule has 0 amide bonds. The first kappa shape index (κ1) is 11.9. The van der Waals surface area contributed by atoms with E-state index in [9.17, 15) is 8.42 Å². The van der Waals surface area contributed by atoms with Crippen LogP contribution in [0.3, 0.4) is 0 Å². The van der Waals surface area contributed by atoms with Crippen LogP contribution in [0.25, 0.3) is 0 Å². The van der Waals surface area contributed by atoms with Crippen LogP contribution in [-0.2, 0) is 10.2 Å². The molecule has 5 nitrogen and oxygen atoms in total. The van der Waals surface area contributed by atoms with Crippen molar-refractivity contribution in [3.05, 3.63) is 0 Å². The number of hydrogen-bond donors (Lipinski definition) is 2. The summed E-state index contributed by atoms with van der Waals surface area (Å²) in [6.45, 7) is 5.35. The van der Waals surface area contributed by atoms with Crippen LogP contribution in [0, 0.1) is 5.92 Å². The maximum absolute atomic E-state index is 11.6. The first-order chi connectivity index (χ1) is 6.47. The molecule has 0 aromatic heterocycles. The standard InChI is InChI=1S/C8H19N3O2S/c1-3-4-10-14(12,13)11-5-7(2)8(9)6-11/h7-8,10H,3-6,9H2,1-2H3. The molecule has 0 saturated carbocycles. The molecule has 1 fully saturated rings. The predicted octanol–water partition coefficient (Wildman–Crippen LogP) is -0.490. The third-order valence-electron chi connectivity index (χ3n) is 2.51. The van der Waals surface area contributed by atoms with Gasteiger partial charge < -0.3 is 5.73 Å². The summed E-state index contributed by atoms with van der Waals surface area (Å²) < 4.78 is 27.2. The maximum Gasteiger partial charge on any atom is 0.279 e. The molecule has 1 rings (SSSR count). The van der Waals surface area contributed by atoms with Crippen molar-refractivity contribution in [1.29, 1.82) is 0 Å². The Balaban J connectivity index is 2.57. The van der Waals surface area contributed by atoms with E-state index in [1.54, 1.807) is 0 Å². The van der Waals surface area contributed by atoms with Crippen LogP contribution >= 0.6 is 0 Å². The van der Waals surface area contributed by atoms with Gasteiger partial charge in [0.1, 0.15) is 0 Å². The number of nitrogens with one attached hydrogen (secondary N) is 1. The third kappa shape index (κ3) is 2.66. The fourth-order valence-corrected chi connectivity index (χ4v) is 2.91. The molecule has 3 N–H and O–H groups in total. The number of nitrogens with two attached hydrogens (primary N) is 1. The molecule has 6 heteroatoms. The van der Waals surface area contributed by atoms with E-state index >= 15 is 0 Å². The Morgan fingerprint density at radius 1 is 1.50 bits per heavy atom. The summed E-state index contributed by atoms with van der Waals surface area (Å²) in [6, 6.07) is -0.0341. The lowest BCUT2D eigenvalue weighted by Crippen LogP contribution is -2.40. The second-order valence-electron chi connectivity index (χ2n) is 3.86. The fraction of sp³-hybridized carbons (Fsp3) is 1.00. The van der Waals surface area contributed by atoms with Gasteiger partial charge in [0.2, 0.25) is 0 Å². The molecule has 2 atom stereocenters. The quantitative estimate of drug-likeness (QED) is 0.672. The predicted molar refractivity (Wildman–Crippen MR) is 55.9 cm³/mol. The molecule has 0 aliphatic carbocycles. The minimum Gasteiger partial charge on any atom is -0.326 e. The summed E-state index contributed by atoms with van der Waals surface area (Å²) in [5.74, 6) is 0.244. The first-order valence-electron chi connectivity index (χ1n) is 4.97. The van der Waals surface area contributed by atoms with E-state index < -0.39 is 10.2 Å². The van der Waals surface area contributed by atoms with Gasteiger partial charge in [-0.3, -0.25) is 0 Å². The molecule has 1 aliphatic rings. The minimum absolute atomic E-state index is 0.0341. The third-order valence-corrected chi connectivity index (χ3v) is 4.06. The summed E-state index contributed by atoms with van der Waals surface area (Å²) in [5, 5.41) is 0. The van der Waals surface area contributed by atoms with Gasteiger partial charge in [0, 0.05) is 25.7 Å². The van der Waals surface area contributed by atoms with E-state index in [-0.39, 0.29) is 12.0 Å². The van der Waals surface area contributed by atoms with Gasteiger partial charge in [0.15, 0.2) is 0 Å². The number of hydrogen-bond acceptors (Lipinski definition) is 3. The SMILES string of the molecule is CCCNS(=O)(=O)N1CC(C)C(N)C1. The smallest absolute Gasteiger partial charge is 0.279 e. The van der Waals surface area contributed by atoms with Gasteiger partial charge in [-0.2, -0.15) is 12.7 Å². The fourth-order valence-electron chi connectivity index (χ4n) is 1.46. The molecule has 0 radical (unpaired) electrons. The Morgan fingerprint density at radius 2 is 2.14 bits per heavy atom. The van der Waals surface area contributed by atoms with Crippen molar-refractivity contribution in [3.8, 4) is 0 Å². The van der Waals surface area contributed by atoms with Crippen molar-refractivity contribution in [2.75, 3.05) is 19.6 Å². The second-order valence-corrected chi connectivity index (χ2v) is 5.61. The van der Waals surface area contributed by atoms with E-state index in [0.717, 1.165) is 6.42 Å². The van der Waals surface area contributed by atoms with Gasteiger partial charge in [-0.05, 0) is 12.3 Å². The monoisotopic (exact) mass is 221 g/mol. The Morgan fingerprint density at radius 3 is 2.57 bits per heavy atom. The number of rotatable bonds is 4. The molecule has 0 bridgehead atoms. The summed E-state index contributed by atoms with van der Waals surface area (Å²) in [7, 11) is -3.28. The molecule has 1 heterocycles. The van der Waals surface area contributed by atoms with Gasteiger partial charge in [0.25, 0.3) is 10.2 Å². The van der Waals surface area contributed by atoms with Crippen LogP contribution in [0.15, 0.2) is 0 Å². The highest BCUT2D eigenvalue weighted by molar-refractivity contribution is 7.87. The average molecular weight is 221 g/mol. The van der Waals surface area contributed by atoms with Crippen molar-refractivity contribution in [2.45, 2.75) is 26.3 Å². The molecular formula is C8H19N3O2S. The zero-order valence-electron chi connectivity index (χ0n) is 8.73. The van der Waals surface area contributed by atoms with Crippen LogP contribution in [0.2, 0.25) is 0 Å². The molecule has 14 heavy (non-hydrogen) atoms. The Labute approximate surface area is 85.8 Å². The molecule has 84 valence electrons. The van der Waals surface area contributed by atoms with Crippen molar-refractivity contribution >= 4 is 10.2 Å². The molecule has 1 saturated heterocycles. The van der Waals surface area contributed by atoms with Crippen molar-refractivity contribution in [2.24, 2.45) is 11.7 Å². The molecule has 0 aromatic rings. The lowest BCUT2D eigenvalue weighted by Gasteiger charge is -2.16. The molecular weight excluding hydrogens is 202 g/mol. The average Bonchev–Trinajstić information content (AvgIpc) is 2.45. The van der Waals surface area contributed by atoms with Crippen molar-refractivity contribution in [3.63, 3.8) is 0 Å². The Hall–Kier alpha value is -0.170. The zero-order valence-corrected chi connectivity index (χ0v) is 9.55. The second kappa shape index (κ2) is 4.57. The summed E-state index contributed by atoms with van der Waals surface area (Å²) in [6.07, 6.45) is 0.800. The lowest BCUT2D eigenvalue weighted by molar-refractivity contribution is 0.453. The normalized spacial score (nSPS) is 29.6. The highest BCUT2D eigenvalue weighted by Gasteiger charge is 2.33. The van der Waals surface area contributed by atoms with Crippen LogP contribution < -0.4 is 10.5 Å². The van der Waals surface area contributed by atoms with Gasteiger partial charge in [-0.15, -0.1) is 0 Å².